The zero-order valence-electron chi connectivity index (χ0n) is 16.2. The van der Waals surface area contributed by atoms with E-state index in [4.69, 9.17) is 16.3 Å². The van der Waals surface area contributed by atoms with Crippen LogP contribution in [-0.2, 0) is 9.59 Å². The van der Waals surface area contributed by atoms with E-state index in [2.05, 4.69) is 0 Å². The molecule has 2 aromatic rings. The second-order valence-corrected chi connectivity index (χ2v) is 7.07. The quantitative estimate of drug-likeness (QED) is 0.418. The largest absolute Gasteiger partial charge is 0.507 e. The number of Topliss-reactive ketones (excluding diaryl/α,β-unsaturated/α-hetero) is 1. The Morgan fingerprint density at radius 1 is 1.17 bits per heavy atom. The van der Waals surface area contributed by atoms with Crippen LogP contribution in [0.5, 0.6) is 11.5 Å². The van der Waals surface area contributed by atoms with Crippen LogP contribution in [0.2, 0.25) is 5.02 Å². The third kappa shape index (κ3) is 3.93. The van der Waals surface area contributed by atoms with Crippen LogP contribution in [-0.4, -0.2) is 40.0 Å². The van der Waals surface area contributed by atoms with Crippen molar-refractivity contribution >= 4 is 29.1 Å². The van der Waals surface area contributed by atoms with E-state index in [-0.39, 0.29) is 22.1 Å². The van der Waals surface area contributed by atoms with Gasteiger partial charge in [0.2, 0.25) is 0 Å². The Kier molecular flexibility index (Phi) is 6.13. The number of aliphatic hydroxyl groups excluding tert-OH is 1. The van der Waals surface area contributed by atoms with Crippen LogP contribution < -0.4 is 4.74 Å². The molecule has 6 nitrogen and oxygen atoms in total. The molecule has 7 heteroatoms. The highest BCUT2D eigenvalue weighted by molar-refractivity contribution is 6.46. The lowest BCUT2D eigenvalue weighted by Gasteiger charge is -2.25. The summed E-state index contributed by atoms with van der Waals surface area (Å²) in [4.78, 5) is 26.9. The van der Waals surface area contributed by atoms with E-state index in [0.717, 1.165) is 0 Å². The van der Waals surface area contributed by atoms with E-state index in [1.54, 1.807) is 30.3 Å². The molecule has 0 saturated carbocycles. The van der Waals surface area contributed by atoms with Gasteiger partial charge < -0.3 is 19.8 Å². The zero-order chi connectivity index (χ0) is 21.1. The summed E-state index contributed by atoms with van der Waals surface area (Å²) >= 11 is 6.06. The summed E-state index contributed by atoms with van der Waals surface area (Å²) in [5.74, 6) is -1.27. The summed E-state index contributed by atoms with van der Waals surface area (Å²) in [5, 5.41) is 20.8. The normalized spacial score (nSPS) is 18.3. The number of aliphatic hydroxyl groups is 1. The Balaban J connectivity index is 2.18. The molecule has 0 aliphatic carbocycles. The number of halogens is 1. The van der Waals surface area contributed by atoms with Crippen LogP contribution in [0.4, 0.5) is 0 Å². The van der Waals surface area contributed by atoms with Gasteiger partial charge in [0.05, 0.1) is 23.2 Å². The number of benzene rings is 2. The van der Waals surface area contributed by atoms with Crippen molar-refractivity contribution in [1.29, 1.82) is 0 Å². The molecular weight excluding hydrogens is 394 g/mol. The van der Waals surface area contributed by atoms with Crippen LogP contribution >= 0.6 is 11.6 Å². The maximum atomic E-state index is 12.8. The molecule has 1 heterocycles. The summed E-state index contributed by atoms with van der Waals surface area (Å²) in [6, 6.07) is 10.4. The zero-order valence-corrected chi connectivity index (χ0v) is 16.9. The van der Waals surface area contributed by atoms with Gasteiger partial charge in [-0.25, -0.2) is 0 Å². The number of rotatable bonds is 6. The highest BCUT2D eigenvalue weighted by Gasteiger charge is 2.45. The second kappa shape index (κ2) is 8.57. The van der Waals surface area contributed by atoms with Crippen molar-refractivity contribution in [3.05, 3.63) is 64.2 Å². The topological polar surface area (TPSA) is 87.1 Å². The Morgan fingerprint density at radius 3 is 2.59 bits per heavy atom. The van der Waals surface area contributed by atoms with E-state index < -0.39 is 17.7 Å². The lowest BCUT2D eigenvalue weighted by Crippen LogP contribution is -2.30. The van der Waals surface area contributed by atoms with E-state index in [0.29, 0.717) is 36.4 Å². The molecule has 1 atom stereocenters. The van der Waals surface area contributed by atoms with Crippen LogP contribution in [0.1, 0.15) is 37.4 Å². The standard InChI is InChI=1S/C22H22ClNO5/c1-3-10-24-19(13-8-9-17(25)16(23)12-13)18(21(27)22(24)28)20(26)14-6-5-7-15(11-14)29-4-2/h5-9,11-12,19,25-26H,3-4,10H2,1-2H3/b20-18-. The number of aromatic hydroxyl groups is 1. The highest BCUT2D eigenvalue weighted by Crippen LogP contribution is 2.41. The summed E-state index contributed by atoms with van der Waals surface area (Å²) in [5.41, 5.74) is 0.891. The van der Waals surface area contributed by atoms with Crippen molar-refractivity contribution in [2.45, 2.75) is 26.3 Å². The molecule has 152 valence electrons. The van der Waals surface area contributed by atoms with Gasteiger partial charge in [0.25, 0.3) is 11.7 Å². The third-order valence-corrected chi connectivity index (χ3v) is 5.01. The first kappa shape index (κ1) is 20.7. The van der Waals surface area contributed by atoms with Crippen molar-refractivity contribution in [2.24, 2.45) is 0 Å². The van der Waals surface area contributed by atoms with E-state index >= 15 is 0 Å². The average molecular weight is 416 g/mol. The molecule has 1 fully saturated rings. The molecule has 1 aliphatic rings. The number of carbonyl (C=O) groups is 2. The summed E-state index contributed by atoms with van der Waals surface area (Å²) in [7, 11) is 0. The third-order valence-electron chi connectivity index (χ3n) is 4.71. The molecule has 2 aromatic carbocycles. The number of hydrogen-bond acceptors (Lipinski definition) is 5. The number of hydrogen-bond donors (Lipinski definition) is 2. The number of phenols is 1. The Labute approximate surface area is 174 Å². The van der Waals surface area contributed by atoms with Crippen LogP contribution in [0.25, 0.3) is 5.76 Å². The minimum absolute atomic E-state index is 0.0149. The molecule has 3 rings (SSSR count). The van der Waals surface area contributed by atoms with Crippen molar-refractivity contribution < 1.29 is 24.5 Å². The summed E-state index contributed by atoms with van der Waals surface area (Å²) in [6.07, 6.45) is 0.634. The fourth-order valence-corrected chi connectivity index (χ4v) is 3.64. The molecule has 0 radical (unpaired) electrons. The first-order chi connectivity index (χ1) is 13.9. The first-order valence-electron chi connectivity index (χ1n) is 9.39. The lowest BCUT2D eigenvalue weighted by atomic mass is 9.95. The maximum Gasteiger partial charge on any atom is 0.295 e. The molecule has 1 amide bonds. The predicted octanol–water partition coefficient (Wildman–Crippen LogP) is 4.28. The van der Waals surface area contributed by atoms with Crippen LogP contribution in [0.15, 0.2) is 48.0 Å². The monoisotopic (exact) mass is 415 g/mol. The van der Waals surface area contributed by atoms with Gasteiger partial charge >= 0.3 is 0 Å². The van der Waals surface area contributed by atoms with Gasteiger partial charge in [0.15, 0.2) is 0 Å². The Hall–Kier alpha value is -2.99. The van der Waals surface area contributed by atoms with Gasteiger partial charge in [-0.05, 0) is 43.2 Å². The number of ether oxygens (including phenoxy) is 1. The molecule has 1 saturated heterocycles. The van der Waals surface area contributed by atoms with Crippen molar-refractivity contribution in [3.63, 3.8) is 0 Å². The van der Waals surface area contributed by atoms with Crippen molar-refractivity contribution in [1.82, 2.24) is 4.90 Å². The van der Waals surface area contributed by atoms with Gasteiger partial charge in [0.1, 0.15) is 17.3 Å². The SMILES string of the molecule is CCCN1C(=O)C(=O)/C(=C(\O)c2cccc(OCC)c2)C1c1ccc(O)c(Cl)c1. The Morgan fingerprint density at radius 2 is 1.93 bits per heavy atom. The summed E-state index contributed by atoms with van der Waals surface area (Å²) < 4.78 is 5.47. The van der Waals surface area contributed by atoms with E-state index in [1.807, 2.05) is 13.8 Å². The molecule has 29 heavy (non-hydrogen) atoms. The second-order valence-electron chi connectivity index (χ2n) is 6.66. The minimum Gasteiger partial charge on any atom is -0.507 e. The molecule has 1 unspecified atom stereocenters. The van der Waals surface area contributed by atoms with Crippen molar-refractivity contribution in [3.8, 4) is 11.5 Å². The van der Waals surface area contributed by atoms with Gasteiger partial charge in [-0.3, -0.25) is 9.59 Å². The fraction of sp³-hybridized carbons (Fsp3) is 0.273. The van der Waals surface area contributed by atoms with Crippen molar-refractivity contribution in [2.75, 3.05) is 13.2 Å². The smallest absolute Gasteiger partial charge is 0.295 e. The molecule has 0 spiro atoms. The Bertz CT molecular complexity index is 985. The lowest BCUT2D eigenvalue weighted by molar-refractivity contribution is -0.139. The number of nitrogens with zero attached hydrogens (tertiary/aromatic N) is 1. The van der Waals surface area contributed by atoms with E-state index in [9.17, 15) is 19.8 Å². The fourth-order valence-electron chi connectivity index (χ4n) is 3.45. The van der Waals surface area contributed by atoms with Crippen LogP contribution in [0.3, 0.4) is 0 Å². The molecule has 0 bridgehead atoms. The first-order valence-corrected chi connectivity index (χ1v) is 9.76. The molecule has 1 aliphatic heterocycles. The summed E-state index contributed by atoms with van der Waals surface area (Å²) in [6.45, 7) is 4.53. The van der Waals surface area contributed by atoms with Crippen LogP contribution in [0, 0.1) is 0 Å². The highest BCUT2D eigenvalue weighted by atomic mass is 35.5. The maximum absolute atomic E-state index is 12.8. The predicted molar refractivity (Wildman–Crippen MR) is 110 cm³/mol. The number of ketones is 1. The number of likely N-dealkylation sites (tertiary alicyclic amines) is 1. The molecular formula is C22H22ClNO5. The van der Waals surface area contributed by atoms with Gasteiger partial charge in [-0.1, -0.05) is 36.7 Å². The van der Waals surface area contributed by atoms with E-state index in [1.165, 1.54) is 17.0 Å². The van der Waals surface area contributed by atoms with Gasteiger partial charge in [0, 0.05) is 12.1 Å². The van der Waals surface area contributed by atoms with Gasteiger partial charge in [-0.15, -0.1) is 0 Å². The average Bonchev–Trinajstić information content (AvgIpc) is 2.95. The number of carbonyl (C=O) groups excluding carboxylic acids is 2. The molecule has 2 N–H and O–H groups in total. The van der Waals surface area contributed by atoms with Gasteiger partial charge in [-0.2, -0.15) is 0 Å². The number of phenolic OH excluding ortho intramolecular Hbond substituents is 1. The number of amides is 1. The molecule has 0 aromatic heterocycles. The minimum atomic E-state index is -0.802.